The number of fused-ring (bicyclic) bond motifs is 1. The number of benzene rings is 2. The van der Waals surface area contributed by atoms with Crippen LogP contribution in [0.3, 0.4) is 0 Å². The van der Waals surface area contributed by atoms with Crippen LogP contribution >= 0.6 is 15.9 Å². The number of ether oxygens (including phenoxy) is 2. The molecule has 0 saturated heterocycles. The summed E-state index contributed by atoms with van der Waals surface area (Å²) in [5, 5.41) is 2.84. The highest BCUT2D eigenvalue weighted by Crippen LogP contribution is 2.27. The first-order valence-corrected chi connectivity index (χ1v) is 7.89. The summed E-state index contributed by atoms with van der Waals surface area (Å²) in [5.41, 5.74) is 1.19. The highest BCUT2D eigenvalue weighted by atomic mass is 79.9. The molecular formula is C17H16BrNO3. The summed E-state index contributed by atoms with van der Waals surface area (Å²) in [4.78, 5) is 11.8. The second-order valence-electron chi connectivity index (χ2n) is 5.10. The van der Waals surface area contributed by atoms with Crippen LogP contribution in [0.4, 0.5) is 0 Å². The van der Waals surface area contributed by atoms with Crippen molar-refractivity contribution in [3.8, 4) is 11.5 Å². The molecule has 3 rings (SSSR count). The van der Waals surface area contributed by atoms with Crippen LogP contribution < -0.4 is 14.8 Å². The lowest BCUT2D eigenvalue weighted by Crippen LogP contribution is -2.37. The maximum atomic E-state index is 11.8. The standard InChI is InChI=1S/C17H16BrNO3/c18-13-5-7-14(8-6-13)21-11-17(20)19-10-15-9-12-3-1-2-4-16(12)22-15/h1-8,15H,9-11H2,(H,19,20). The first-order valence-electron chi connectivity index (χ1n) is 7.10. The van der Waals surface area contributed by atoms with E-state index in [0.29, 0.717) is 12.3 Å². The van der Waals surface area contributed by atoms with Gasteiger partial charge in [0.15, 0.2) is 6.61 Å². The number of carbonyl (C=O) groups excluding carboxylic acids is 1. The Morgan fingerprint density at radius 3 is 2.77 bits per heavy atom. The maximum absolute atomic E-state index is 11.8. The van der Waals surface area contributed by atoms with Crippen molar-refractivity contribution in [2.75, 3.05) is 13.2 Å². The Bertz CT molecular complexity index is 632. The van der Waals surface area contributed by atoms with E-state index in [1.165, 1.54) is 5.56 Å². The molecule has 0 fully saturated rings. The van der Waals surface area contributed by atoms with E-state index in [0.717, 1.165) is 16.6 Å². The van der Waals surface area contributed by atoms with Gasteiger partial charge in [-0.05, 0) is 35.9 Å². The largest absolute Gasteiger partial charge is 0.488 e. The van der Waals surface area contributed by atoms with E-state index in [9.17, 15) is 4.79 Å². The zero-order valence-electron chi connectivity index (χ0n) is 11.9. The van der Waals surface area contributed by atoms with Gasteiger partial charge in [0.2, 0.25) is 0 Å². The molecular weight excluding hydrogens is 346 g/mol. The number of halogens is 1. The number of amides is 1. The molecule has 0 radical (unpaired) electrons. The molecule has 0 bridgehead atoms. The topological polar surface area (TPSA) is 47.6 Å². The van der Waals surface area contributed by atoms with Crippen LogP contribution in [0, 0.1) is 0 Å². The van der Waals surface area contributed by atoms with Gasteiger partial charge < -0.3 is 14.8 Å². The minimum atomic E-state index is -0.150. The molecule has 1 unspecified atom stereocenters. The van der Waals surface area contributed by atoms with Crippen molar-refractivity contribution in [3.05, 3.63) is 58.6 Å². The van der Waals surface area contributed by atoms with Gasteiger partial charge >= 0.3 is 0 Å². The van der Waals surface area contributed by atoms with E-state index in [2.05, 4.69) is 21.2 Å². The van der Waals surface area contributed by atoms with Gasteiger partial charge in [0.25, 0.3) is 5.91 Å². The van der Waals surface area contributed by atoms with Crippen LogP contribution in [0.15, 0.2) is 53.0 Å². The number of hydrogen-bond acceptors (Lipinski definition) is 3. The van der Waals surface area contributed by atoms with E-state index in [1.807, 2.05) is 48.5 Å². The van der Waals surface area contributed by atoms with Crippen molar-refractivity contribution in [1.82, 2.24) is 5.32 Å². The number of carbonyl (C=O) groups is 1. The molecule has 4 nitrogen and oxygen atoms in total. The predicted octanol–water partition coefficient (Wildman–Crippen LogP) is 2.95. The van der Waals surface area contributed by atoms with Gasteiger partial charge in [-0.2, -0.15) is 0 Å². The molecule has 0 saturated carbocycles. The van der Waals surface area contributed by atoms with E-state index < -0.39 is 0 Å². The molecule has 1 N–H and O–H groups in total. The molecule has 1 heterocycles. The number of rotatable bonds is 5. The molecule has 0 spiro atoms. The highest BCUT2D eigenvalue weighted by molar-refractivity contribution is 9.10. The Morgan fingerprint density at radius 2 is 2.00 bits per heavy atom. The molecule has 2 aromatic rings. The van der Waals surface area contributed by atoms with Crippen molar-refractivity contribution >= 4 is 21.8 Å². The predicted molar refractivity (Wildman–Crippen MR) is 87.2 cm³/mol. The highest BCUT2D eigenvalue weighted by Gasteiger charge is 2.22. The lowest BCUT2D eigenvalue weighted by Gasteiger charge is -2.12. The monoisotopic (exact) mass is 361 g/mol. The normalized spacial score (nSPS) is 15.8. The van der Waals surface area contributed by atoms with Gasteiger partial charge in [0.05, 0.1) is 6.54 Å². The average molecular weight is 362 g/mol. The summed E-state index contributed by atoms with van der Waals surface area (Å²) in [6.45, 7) is 0.485. The molecule has 114 valence electrons. The number of nitrogens with one attached hydrogen (secondary N) is 1. The fraction of sp³-hybridized carbons (Fsp3) is 0.235. The molecule has 1 aliphatic rings. The lowest BCUT2D eigenvalue weighted by molar-refractivity contribution is -0.123. The molecule has 2 aromatic carbocycles. The lowest BCUT2D eigenvalue weighted by atomic mass is 10.1. The number of hydrogen-bond donors (Lipinski definition) is 1. The summed E-state index contributed by atoms with van der Waals surface area (Å²) >= 11 is 3.35. The van der Waals surface area contributed by atoms with Crippen LogP contribution in [0.1, 0.15) is 5.56 Å². The minimum absolute atomic E-state index is 0.00129. The van der Waals surface area contributed by atoms with E-state index in [1.54, 1.807) is 0 Å². The van der Waals surface area contributed by atoms with Crippen molar-refractivity contribution in [2.45, 2.75) is 12.5 Å². The first-order chi connectivity index (χ1) is 10.7. The third-order valence-electron chi connectivity index (χ3n) is 3.42. The molecule has 22 heavy (non-hydrogen) atoms. The molecule has 5 heteroatoms. The van der Waals surface area contributed by atoms with Crippen molar-refractivity contribution in [2.24, 2.45) is 0 Å². The van der Waals surface area contributed by atoms with Gasteiger partial charge in [0.1, 0.15) is 17.6 Å². The summed E-state index contributed by atoms with van der Waals surface area (Å²) in [5.74, 6) is 1.43. The molecule has 0 aliphatic carbocycles. The average Bonchev–Trinajstić information content (AvgIpc) is 2.95. The Morgan fingerprint density at radius 1 is 1.23 bits per heavy atom. The van der Waals surface area contributed by atoms with E-state index in [4.69, 9.17) is 9.47 Å². The molecule has 1 aliphatic heterocycles. The van der Waals surface area contributed by atoms with Crippen LogP contribution in [-0.4, -0.2) is 25.2 Å². The summed E-state index contributed by atoms with van der Waals surface area (Å²) in [6, 6.07) is 15.3. The van der Waals surface area contributed by atoms with Gasteiger partial charge in [-0.25, -0.2) is 0 Å². The van der Waals surface area contributed by atoms with Gasteiger partial charge in [0, 0.05) is 10.9 Å². The van der Waals surface area contributed by atoms with Crippen molar-refractivity contribution in [1.29, 1.82) is 0 Å². The zero-order chi connectivity index (χ0) is 15.4. The van der Waals surface area contributed by atoms with E-state index >= 15 is 0 Å². The SMILES string of the molecule is O=C(COc1ccc(Br)cc1)NCC1Cc2ccccc2O1. The smallest absolute Gasteiger partial charge is 0.258 e. The third-order valence-corrected chi connectivity index (χ3v) is 3.95. The fourth-order valence-electron chi connectivity index (χ4n) is 2.33. The second kappa shape index (κ2) is 6.83. The molecule has 1 atom stereocenters. The van der Waals surface area contributed by atoms with Crippen LogP contribution in [0.5, 0.6) is 11.5 Å². The number of para-hydroxylation sites is 1. The van der Waals surface area contributed by atoms with Crippen LogP contribution in [0.25, 0.3) is 0 Å². The van der Waals surface area contributed by atoms with Crippen LogP contribution in [-0.2, 0) is 11.2 Å². The van der Waals surface area contributed by atoms with Crippen molar-refractivity contribution < 1.29 is 14.3 Å². The Balaban J connectivity index is 1.41. The Labute approximate surface area is 137 Å². The first kappa shape index (κ1) is 14.9. The van der Waals surface area contributed by atoms with Gasteiger partial charge in [-0.3, -0.25) is 4.79 Å². The van der Waals surface area contributed by atoms with Gasteiger partial charge in [-0.1, -0.05) is 34.1 Å². The summed E-state index contributed by atoms with van der Waals surface area (Å²) < 4.78 is 12.2. The van der Waals surface area contributed by atoms with Crippen molar-refractivity contribution in [3.63, 3.8) is 0 Å². The minimum Gasteiger partial charge on any atom is -0.488 e. The Hall–Kier alpha value is -2.01. The van der Waals surface area contributed by atoms with Crippen LogP contribution in [0.2, 0.25) is 0 Å². The third kappa shape index (κ3) is 3.80. The maximum Gasteiger partial charge on any atom is 0.258 e. The fourth-order valence-corrected chi connectivity index (χ4v) is 2.59. The summed E-state index contributed by atoms with van der Waals surface area (Å²) in [7, 11) is 0. The summed E-state index contributed by atoms with van der Waals surface area (Å²) in [6.07, 6.45) is 0.818. The van der Waals surface area contributed by atoms with E-state index in [-0.39, 0.29) is 18.6 Å². The molecule has 0 aromatic heterocycles. The second-order valence-corrected chi connectivity index (χ2v) is 6.01. The Kier molecular flexibility index (Phi) is 4.63. The zero-order valence-corrected chi connectivity index (χ0v) is 13.5. The molecule has 1 amide bonds. The quantitative estimate of drug-likeness (QED) is 0.890. The van der Waals surface area contributed by atoms with Gasteiger partial charge in [-0.15, -0.1) is 0 Å².